The molecule has 0 spiro atoms. The number of nitrogens with zero attached hydrogens (tertiary/aromatic N) is 2. The fourth-order valence-electron chi connectivity index (χ4n) is 4.19. The van der Waals surface area contributed by atoms with E-state index in [-0.39, 0.29) is 0 Å². The predicted octanol–water partition coefficient (Wildman–Crippen LogP) is 3.77. The number of hydrogen-bond donors (Lipinski definition) is 1. The molecule has 22 heavy (non-hydrogen) atoms. The van der Waals surface area contributed by atoms with Gasteiger partial charge in [0.15, 0.2) is 0 Å². The second-order valence-corrected chi connectivity index (χ2v) is 6.98. The average molecular weight is 316 g/mol. The first-order chi connectivity index (χ1) is 10.8. The molecule has 0 radical (unpaired) electrons. The van der Waals surface area contributed by atoms with Crippen molar-refractivity contribution in [3.63, 3.8) is 0 Å². The summed E-state index contributed by atoms with van der Waals surface area (Å²) < 4.78 is 0. The molecule has 1 aromatic carbocycles. The second kappa shape index (κ2) is 5.71. The first-order valence-corrected chi connectivity index (χ1v) is 8.68. The molecule has 1 aliphatic heterocycles. The van der Waals surface area contributed by atoms with Gasteiger partial charge in [0, 0.05) is 40.8 Å². The van der Waals surface area contributed by atoms with E-state index in [0.29, 0.717) is 11.2 Å². The predicted molar refractivity (Wildman–Crippen MR) is 92.6 cm³/mol. The molecule has 0 saturated heterocycles. The zero-order valence-electron chi connectivity index (χ0n) is 12.8. The molecule has 116 valence electrons. The van der Waals surface area contributed by atoms with Crippen LogP contribution < -0.4 is 10.6 Å². The van der Waals surface area contributed by atoms with Crippen molar-refractivity contribution >= 4 is 28.1 Å². The number of hydrogen-bond acceptors (Lipinski definition) is 3. The molecular weight excluding hydrogens is 294 g/mol. The van der Waals surface area contributed by atoms with Gasteiger partial charge >= 0.3 is 0 Å². The van der Waals surface area contributed by atoms with Gasteiger partial charge in [-0.05, 0) is 50.6 Å². The highest BCUT2D eigenvalue weighted by molar-refractivity contribution is 6.31. The quantitative estimate of drug-likeness (QED) is 0.858. The second-order valence-electron chi connectivity index (χ2n) is 6.62. The number of aromatic nitrogens is 1. The smallest absolute Gasteiger partial charge is 0.132 e. The third kappa shape index (κ3) is 2.27. The van der Waals surface area contributed by atoms with E-state index in [1.54, 1.807) is 0 Å². The van der Waals surface area contributed by atoms with E-state index >= 15 is 0 Å². The van der Waals surface area contributed by atoms with Crippen LogP contribution in [0.1, 0.15) is 31.2 Å². The lowest BCUT2D eigenvalue weighted by atomic mass is 9.84. The van der Waals surface area contributed by atoms with E-state index in [4.69, 9.17) is 17.3 Å². The van der Waals surface area contributed by atoms with E-state index < -0.39 is 0 Å². The molecular formula is C18H22ClN3. The molecule has 0 bridgehead atoms. The van der Waals surface area contributed by atoms with Crippen molar-refractivity contribution in [3.8, 4) is 0 Å². The topological polar surface area (TPSA) is 42.1 Å². The third-order valence-electron chi connectivity index (χ3n) is 5.44. The van der Waals surface area contributed by atoms with Crippen molar-refractivity contribution in [2.75, 3.05) is 18.0 Å². The Bertz CT molecular complexity index is 692. The van der Waals surface area contributed by atoms with E-state index in [9.17, 15) is 0 Å². The molecule has 1 fully saturated rings. The maximum atomic E-state index is 6.34. The lowest BCUT2D eigenvalue weighted by Gasteiger charge is -2.41. The van der Waals surface area contributed by atoms with Crippen molar-refractivity contribution in [3.05, 3.63) is 35.1 Å². The Morgan fingerprint density at radius 3 is 2.82 bits per heavy atom. The van der Waals surface area contributed by atoms with Gasteiger partial charge in [-0.1, -0.05) is 23.7 Å². The largest absolute Gasteiger partial charge is 0.368 e. The molecule has 1 aromatic heterocycles. The van der Waals surface area contributed by atoms with Gasteiger partial charge in [0.05, 0.1) is 0 Å². The molecule has 1 aliphatic carbocycles. The van der Waals surface area contributed by atoms with Gasteiger partial charge in [0.1, 0.15) is 5.15 Å². The number of benzene rings is 1. The van der Waals surface area contributed by atoms with Crippen molar-refractivity contribution in [2.45, 2.75) is 38.1 Å². The standard InChI is InChI=1S/C18H22ClN3/c19-18-15-8-9-22(14-6-4-12(10-20)5-7-14)16-3-1-2-13(11-21-18)17(15)16/h1-3,11-12,14H,4-10,20H2. The monoisotopic (exact) mass is 315 g/mol. The molecule has 2 N–H and O–H groups in total. The van der Waals surface area contributed by atoms with Gasteiger partial charge in [-0.25, -0.2) is 4.98 Å². The average Bonchev–Trinajstić information content (AvgIpc) is 2.58. The molecule has 0 atom stereocenters. The molecule has 2 aromatic rings. The summed E-state index contributed by atoms with van der Waals surface area (Å²) in [6, 6.07) is 7.17. The van der Waals surface area contributed by atoms with Crippen LogP contribution >= 0.6 is 11.6 Å². The summed E-state index contributed by atoms with van der Waals surface area (Å²) in [4.78, 5) is 6.95. The van der Waals surface area contributed by atoms with Gasteiger partial charge in [0.25, 0.3) is 0 Å². The number of nitrogens with two attached hydrogens (primary N) is 1. The first kappa shape index (κ1) is 14.3. The Morgan fingerprint density at radius 2 is 2.05 bits per heavy atom. The van der Waals surface area contributed by atoms with Gasteiger partial charge in [-0.15, -0.1) is 0 Å². The molecule has 3 nitrogen and oxygen atoms in total. The fraction of sp³-hybridized carbons (Fsp3) is 0.500. The molecule has 0 unspecified atom stereocenters. The highest BCUT2D eigenvalue weighted by Crippen LogP contribution is 2.40. The zero-order chi connectivity index (χ0) is 15.1. The summed E-state index contributed by atoms with van der Waals surface area (Å²) in [5.74, 6) is 0.725. The lowest BCUT2D eigenvalue weighted by Crippen LogP contribution is -2.42. The molecule has 0 amide bonds. The fourth-order valence-corrected chi connectivity index (χ4v) is 4.43. The Kier molecular flexibility index (Phi) is 3.71. The van der Waals surface area contributed by atoms with Crippen LogP contribution in [0, 0.1) is 5.92 Å². The zero-order valence-corrected chi connectivity index (χ0v) is 13.5. The summed E-state index contributed by atoms with van der Waals surface area (Å²) >= 11 is 6.34. The van der Waals surface area contributed by atoms with E-state index in [0.717, 1.165) is 25.4 Å². The van der Waals surface area contributed by atoms with Crippen LogP contribution in [0.5, 0.6) is 0 Å². The molecule has 2 heterocycles. The van der Waals surface area contributed by atoms with Crippen molar-refractivity contribution in [2.24, 2.45) is 11.7 Å². The lowest BCUT2D eigenvalue weighted by molar-refractivity contribution is 0.320. The van der Waals surface area contributed by atoms with E-state index in [2.05, 4.69) is 28.1 Å². The Labute approximate surface area is 136 Å². The Hall–Kier alpha value is -1.32. The van der Waals surface area contributed by atoms with Crippen LogP contribution in [0.2, 0.25) is 5.15 Å². The summed E-state index contributed by atoms with van der Waals surface area (Å²) in [6.07, 6.45) is 7.94. The number of anilines is 1. The third-order valence-corrected chi connectivity index (χ3v) is 5.77. The Balaban J connectivity index is 1.72. The van der Waals surface area contributed by atoms with Crippen LogP contribution in [-0.2, 0) is 6.42 Å². The van der Waals surface area contributed by atoms with Crippen LogP contribution in [0.4, 0.5) is 5.69 Å². The van der Waals surface area contributed by atoms with Crippen LogP contribution in [0.15, 0.2) is 24.4 Å². The van der Waals surface area contributed by atoms with Crippen LogP contribution in [0.25, 0.3) is 10.8 Å². The number of rotatable bonds is 2. The molecule has 4 rings (SSSR count). The minimum Gasteiger partial charge on any atom is -0.368 e. The van der Waals surface area contributed by atoms with Crippen molar-refractivity contribution in [1.82, 2.24) is 4.98 Å². The summed E-state index contributed by atoms with van der Waals surface area (Å²) in [6.45, 7) is 1.89. The van der Waals surface area contributed by atoms with Crippen LogP contribution in [-0.4, -0.2) is 24.1 Å². The number of halogens is 1. The van der Waals surface area contributed by atoms with Gasteiger partial charge in [0.2, 0.25) is 0 Å². The van der Waals surface area contributed by atoms with Gasteiger partial charge in [-0.3, -0.25) is 0 Å². The maximum Gasteiger partial charge on any atom is 0.132 e. The Morgan fingerprint density at radius 1 is 1.23 bits per heavy atom. The summed E-state index contributed by atoms with van der Waals surface area (Å²) in [5, 5.41) is 3.19. The minimum absolute atomic E-state index is 0.647. The normalized spacial score (nSPS) is 24.7. The van der Waals surface area contributed by atoms with Crippen LogP contribution in [0.3, 0.4) is 0 Å². The molecule has 1 saturated carbocycles. The highest BCUT2D eigenvalue weighted by Gasteiger charge is 2.29. The van der Waals surface area contributed by atoms with Gasteiger partial charge < -0.3 is 10.6 Å². The molecule has 2 aliphatic rings. The summed E-state index contributed by atoms with van der Waals surface area (Å²) in [7, 11) is 0. The number of pyridine rings is 1. The minimum atomic E-state index is 0.647. The van der Waals surface area contributed by atoms with Crippen molar-refractivity contribution < 1.29 is 0 Å². The summed E-state index contributed by atoms with van der Waals surface area (Å²) in [5.41, 5.74) is 8.40. The maximum absolute atomic E-state index is 6.34. The molecule has 4 heteroatoms. The van der Waals surface area contributed by atoms with E-state index in [1.807, 2.05) is 6.20 Å². The van der Waals surface area contributed by atoms with E-state index in [1.165, 1.54) is 47.7 Å². The SMILES string of the molecule is NCC1CCC(N2CCc3c(Cl)ncc4cccc2c34)CC1. The van der Waals surface area contributed by atoms with Gasteiger partial charge in [-0.2, -0.15) is 0 Å². The first-order valence-electron chi connectivity index (χ1n) is 8.30. The van der Waals surface area contributed by atoms with Crippen molar-refractivity contribution in [1.29, 1.82) is 0 Å². The highest BCUT2D eigenvalue weighted by atomic mass is 35.5.